The third-order valence-electron chi connectivity index (χ3n) is 3.13. The molecule has 0 radical (unpaired) electrons. The van der Waals surface area contributed by atoms with Crippen LogP contribution in [0.5, 0.6) is 0 Å². The van der Waals surface area contributed by atoms with Gasteiger partial charge in [0.1, 0.15) is 0 Å². The average Bonchev–Trinajstić information content (AvgIpc) is 2.49. The van der Waals surface area contributed by atoms with Gasteiger partial charge in [-0.1, -0.05) is 12.1 Å². The van der Waals surface area contributed by atoms with Crippen molar-refractivity contribution in [2.24, 2.45) is 0 Å². The molecule has 7 nitrogen and oxygen atoms in total. The van der Waals surface area contributed by atoms with Gasteiger partial charge in [-0.05, 0) is 12.1 Å². The summed E-state index contributed by atoms with van der Waals surface area (Å²) in [5.74, 6) is -1.07. The molecule has 21 heavy (non-hydrogen) atoms. The number of hydrogen-bond donors (Lipinski definition) is 3. The molecule has 2 rings (SSSR count). The second-order valence-electron chi connectivity index (χ2n) is 4.59. The van der Waals surface area contributed by atoms with Crippen molar-refractivity contribution in [1.29, 1.82) is 0 Å². The maximum atomic E-state index is 12.0. The van der Waals surface area contributed by atoms with Crippen LogP contribution in [0.15, 0.2) is 24.3 Å². The zero-order chi connectivity index (χ0) is 15.2. The van der Waals surface area contributed by atoms with E-state index < -0.39 is 12.0 Å². The quantitative estimate of drug-likeness (QED) is 0.673. The molecule has 1 atom stereocenters. The molecule has 0 aliphatic carbocycles. The molecule has 112 valence electrons. The Balaban J connectivity index is 2.02. The lowest BCUT2D eigenvalue weighted by molar-refractivity contribution is -0.127. The highest BCUT2D eigenvalue weighted by Gasteiger charge is 2.24. The van der Waals surface area contributed by atoms with Gasteiger partial charge in [0.2, 0.25) is 11.8 Å². The first-order chi connectivity index (χ1) is 10.1. The largest absolute Gasteiger partial charge is 0.465 e. The maximum Gasteiger partial charge on any atom is 0.339 e. The van der Waals surface area contributed by atoms with Crippen LogP contribution in [0.4, 0.5) is 5.69 Å². The summed E-state index contributed by atoms with van der Waals surface area (Å²) in [5, 5.41) is 8.29. The zero-order valence-electron chi connectivity index (χ0n) is 11.6. The Kier molecular flexibility index (Phi) is 4.89. The van der Waals surface area contributed by atoms with Crippen LogP contribution in [0.2, 0.25) is 0 Å². The lowest BCUT2D eigenvalue weighted by Gasteiger charge is -2.23. The van der Waals surface area contributed by atoms with Crippen molar-refractivity contribution >= 4 is 23.5 Å². The SMILES string of the molecule is COC(=O)c1ccccc1NC(=O)C[C@@H]1NCCNC1=O. The topological polar surface area (TPSA) is 96.5 Å². The Bertz CT molecular complexity index is 559. The molecule has 1 saturated heterocycles. The minimum Gasteiger partial charge on any atom is -0.465 e. The van der Waals surface area contributed by atoms with Crippen molar-refractivity contribution in [3.05, 3.63) is 29.8 Å². The number of hydrogen-bond acceptors (Lipinski definition) is 5. The van der Waals surface area contributed by atoms with E-state index in [2.05, 4.69) is 20.7 Å². The zero-order valence-corrected chi connectivity index (χ0v) is 11.6. The highest BCUT2D eigenvalue weighted by atomic mass is 16.5. The molecule has 0 spiro atoms. The van der Waals surface area contributed by atoms with Gasteiger partial charge in [0.15, 0.2) is 0 Å². The number of ether oxygens (including phenoxy) is 1. The molecular formula is C14H17N3O4. The molecule has 0 saturated carbocycles. The third-order valence-corrected chi connectivity index (χ3v) is 3.13. The van der Waals surface area contributed by atoms with Gasteiger partial charge < -0.3 is 20.7 Å². The highest BCUT2D eigenvalue weighted by Crippen LogP contribution is 2.16. The summed E-state index contributed by atoms with van der Waals surface area (Å²) in [6.45, 7) is 1.19. The second-order valence-corrected chi connectivity index (χ2v) is 4.59. The summed E-state index contributed by atoms with van der Waals surface area (Å²) in [6, 6.07) is 6.00. The van der Waals surface area contributed by atoms with E-state index in [-0.39, 0.29) is 23.8 Å². The van der Waals surface area contributed by atoms with Crippen molar-refractivity contribution in [3.63, 3.8) is 0 Å². The van der Waals surface area contributed by atoms with E-state index in [9.17, 15) is 14.4 Å². The van der Waals surface area contributed by atoms with Crippen LogP contribution in [-0.4, -0.2) is 44.0 Å². The van der Waals surface area contributed by atoms with Gasteiger partial charge in [-0.2, -0.15) is 0 Å². The lowest BCUT2D eigenvalue weighted by Crippen LogP contribution is -2.53. The fourth-order valence-corrected chi connectivity index (χ4v) is 2.08. The molecule has 0 unspecified atom stereocenters. The minimum atomic E-state index is -0.552. The third kappa shape index (κ3) is 3.79. The molecule has 1 aliphatic heterocycles. The van der Waals surface area contributed by atoms with Gasteiger partial charge in [0.05, 0.1) is 30.8 Å². The number of carbonyl (C=O) groups is 3. The monoisotopic (exact) mass is 291 g/mol. The van der Waals surface area contributed by atoms with E-state index in [4.69, 9.17) is 0 Å². The Morgan fingerprint density at radius 3 is 2.81 bits per heavy atom. The van der Waals surface area contributed by atoms with Crippen LogP contribution in [-0.2, 0) is 14.3 Å². The number of carbonyl (C=O) groups excluding carboxylic acids is 3. The molecule has 0 aromatic heterocycles. The van der Waals surface area contributed by atoms with Gasteiger partial charge in [-0.3, -0.25) is 9.59 Å². The summed E-state index contributed by atoms with van der Waals surface area (Å²) in [6.07, 6.45) is 0.00133. The van der Waals surface area contributed by atoms with Crippen LogP contribution < -0.4 is 16.0 Å². The Morgan fingerprint density at radius 1 is 1.33 bits per heavy atom. The van der Waals surface area contributed by atoms with Crippen molar-refractivity contribution in [1.82, 2.24) is 10.6 Å². The van der Waals surface area contributed by atoms with E-state index >= 15 is 0 Å². The standard InChI is InChI=1S/C14H17N3O4/c1-21-14(20)9-4-2-3-5-10(9)17-12(18)8-11-13(19)16-7-6-15-11/h2-5,11,15H,6-8H2,1H3,(H,16,19)(H,17,18)/t11-/m0/s1. The first-order valence-corrected chi connectivity index (χ1v) is 6.60. The van der Waals surface area contributed by atoms with E-state index in [1.54, 1.807) is 24.3 Å². The number of piperazine rings is 1. The van der Waals surface area contributed by atoms with Crippen LogP contribution in [0.1, 0.15) is 16.8 Å². The molecule has 3 N–H and O–H groups in total. The molecule has 2 amide bonds. The lowest BCUT2D eigenvalue weighted by atomic mass is 10.1. The Hall–Kier alpha value is -2.41. The van der Waals surface area contributed by atoms with Crippen molar-refractivity contribution in [2.45, 2.75) is 12.5 Å². The molecule has 1 aliphatic rings. The number of esters is 1. The van der Waals surface area contributed by atoms with Gasteiger partial charge in [0.25, 0.3) is 0 Å². The molecule has 1 fully saturated rings. The molecular weight excluding hydrogens is 274 g/mol. The first-order valence-electron chi connectivity index (χ1n) is 6.60. The number of benzene rings is 1. The summed E-state index contributed by atoms with van der Waals surface area (Å²) < 4.78 is 4.66. The molecule has 7 heteroatoms. The minimum absolute atomic E-state index is 0.00133. The summed E-state index contributed by atoms with van der Waals surface area (Å²) in [5.41, 5.74) is 0.639. The molecule has 1 aromatic carbocycles. The average molecular weight is 291 g/mol. The van der Waals surface area contributed by atoms with E-state index in [1.165, 1.54) is 7.11 Å². The number of rotatable bonds is 4. The van der Waals surface area contributed by atoms with Crippen LogP contribution in [0, 0.1) is 0 Å². The normalized spacial score (nSPS) is 17.8. The maximum absolute atomic E-state index is 12.0. The number of nitrogens with one attached hydrogen (secondary N) is 3. The van der Waals surface area contributed by atoms with Crippen LogP contribution in [0.25, 0.3) is 0 Å². The van der Waals surface area contributed by atoms with Crippen molar-refractivity contribution in [2.75, 3.05) is 25.5 Å². The molecule has 1 aromatic rings. The summed E-state index contributed by atoms with van der Waals surface area (Å²) in [7, 11) is 1.28. The van der Waals surface area contributed by atoms with Gasteiger partial charge in [0, 0.05) is 13.1 Å². The second kappa shape index (κ2) is 6.85. The fourth-order valence-electron chi connectivity index (χ4n) is 2.08. The Morgan fingerprint density at radius 2 is 2.10 bits per heavy atom. The summed E-state index contributed by atoms with van der Waals surface area (Å²) in [4.78, 5) is 35.2. The van der Waals surface area contributed by atoms with E-state index in [0.29, 0.717) is 18.8 Å². The number of anilines is 1. The fraction of sp³-hybridized carbons (Fsp3) is 0.357. The van der Waals surface area contributed by atoms with Gasteiger partial charge in [-0.25, -0.2) is 4.79 Å². The van der Waals surface area contributed by atoms with Crippen LogP contribution in [0.3, 0.4) is 0 Å². The number of methoxy groups -OCH3 is 1. The van der Waals surface area contributed by atoms with Crippen molar-refractivity contribution in [3.8, 4) is 0 Å². The van der Waals surface area contributed by atoms with E-state index in [1.807, 2.05) is 0 Å². The summed E-state index contributed by atoms with van der Waals surface area (Å²) >= 11 is 0. The van der Waals surface area contributed by atoms with Crippen LogP contribution >= 0.6 is 0 Å². The van der Waals surface area contributed by atoms with E-state index in [0.717, 1.165) is 0 Å². The number of amides is 2. The van der Waals surface area contributed by atoms with Gasteiger partial charge in [-0.15, -0.1) is 0 Å². The predicted molar refractivity (Wildman–Crippen MR) is 75.8 cm³/mol. The highest BCUT2D eigenvalue weighted by molar-refractivity contribution is 6.02. The first kappa shape index (κ1) is 15.0. The Labute approximate surface area is 122 Å². The molecule has 1 heterocycles. The van der Waals surface area contributed by atoms with Crippen molar-refractivity contribution < 1.29 is 19.1 Å². The number of para-hydroxylation sites is 1. The van der Waals surface area contributed by atoms with Gasteiger partial charge >= 0.3 is 5.97 Å². The smallest absolute Gasteiger partial charge is 0.339 e. The predicted octanol–water partition coefficient (Wildman–Crippen LogP) is -0.110. The molecule has 0 bridgehead atoms.